The molecule has 0 saturated heterocycles. The van der Waals surface area contributed by atoms with E-state index in [1.54, 1.807) is 24.3 Å². The molecule has 0 aliphatic rings. The maximum atomic E-state index is 12.9. The summed E-state index contributed by atoms with van der Waals surface area (Å²) in [4.78, 5) is 22.8. The lowest BCUT2D eigenvalue weighted by molar-refractivity contribution is -0.384. The Morgan fingerprint density at radius 1 is 1.22 bits per heavy atom. The molecule has 0 radical (unpaired) electrons. The summed E-state index contributed by atoms with van der Waals surface area (Å²) in [7, 11) is 0. The zero-order valence-corrected chi connectivity index (χ0v) is 13.2. The minimum atomic E-state index is -0.467. The van der Waals surface area contributed by atoms with Gasteiger partial charge in [0.1, 0.15) is 5.82 Å². The van der Waals surface area contributed by atoms with Crippen LogP contribution in [0.3, 0.4) is 0 Å². The van der Waals surface area contributed by atoms with Crippen LogP contribution in [0.2, 0.25) is 0 Å². The van der Waals surface area contributed by atoms with Gasteiger partial charge in [-0.3, -0.25) is 14.9 Å². The van der Waals surface area contributed by atoms with Crippen LogP contribution in [0.4, 0.5) is 10.1 Å². The van der Waals surface area contributed by atoms with Crippen LogP contribution < -0.4 is 5.32 Å². The van der Waals surface area contributed by atoms with Gasteiger partial charge in [0, 0.05) is 17.0 Å². The van der Waals surface area contributed by atoms with Crippen molar-refractivity contribution in [2.24, 2.45) is 0 Å². The van der Waals surface area contributed by atoms with Gasteiger partial charge in [0.15, 0.2) is 0 Å². The van der Waals surface area contributed by atoms with Gasteiger partial charge in [0.25, 0.3) is 5.69 Å². The molecule has 1 atom stereocenters. The Morgan fingerprint density at radius 2 is 1.83 bits per heavy atom. The zero-order valence-electron chi connectivity index (χ0n) is 12.4. The average Bonchev–Trinajstić information content (AvgIpc) is 2.54. The van der Waals surface area contributed by atoms with Gasteiger partial charge in [0.05, 0.1) is 16.7 Å². The average molecular weight is 334 g/mol. The largest absolute Gasteiger partial charge is 0.349 e. The summed E-state index contributed by atoms with van der Waals surface area (Å²) in [5.41, 5.74) is 0.837. The predicted molar refractivity (Wildman–Crippen MR) is 86.8 cm³/mol. The quantitative estimate of drug-likeness (QED) is 0.497. The highest BCUT2D eigenvalue weighted by atomic mass is 32.2. The highest BCUT2D eigenvalue weighted by Gasteiger charge is 2.11. The van der Waals surface area contributed by atoms with Crippen molar-refractivity contribution in [3.63, 3.8) is 0 Å². The molecule has 0 heterocycles. The Kier molecular flexibility index (Phi) is 5.70. The van der Waals surface area contributed by atoms with Gasteiger partial charge < -0.3 is 5.32 Å². The van der Waals surface area contributed by atoms with Gasteiger partial charge in [-0.1, -0.05) is 12.1 Å². The fraction of sp³-hybridized carbons (Fsp3) is 0.188. The number of carbonyl (C=O) groups is 1. The number of rotatable bonds is 6. The summed E-state index contributed by atoms with van der Waals surface area (Å²) in [5.74, 6) is -0.283. The number of hydrogen-bond acceptors (Lipinski definition) is 4. The van der Waals surface area contributed by atoms with Crippen molar-refractivity contribution in [3.05, 3.63) is 70.0 Å². The molecule has 120 valence electrons. The third-order valence-corrected chi connectivity index (χ3v) is 4.18. The summed E-state index contributed by atoms with van der Waals surface area (Å²) in [5, 5.41) is 13.4. The van der Waals surface area contributed by atoms with E-state index in [1.807, 2.05) is 6.92 Å². The topological polar surface area (TPSA) is 72.2 Å². The molecule has 0 aliphatic heterocycles. The third-order valence-electron chi connectivity index (χ3n) is 3.16. The minimum Gasteiger partial charge on any atom is -0.349 e. The Labute approximate surface area is 137 Å². The molecule has 1 N–H and O–H groups in total. The fourth-order valence-electron chi connectivity index (χ4n) is 1.93. The number of non-ortho nitro benzene ring substituents is 1. The van der Waals surface area contributed by atoms with Crippen LogP contribution in [-0.4, -0.2) is 16.6 Å². The first-order chi connectivity index (χ1) is 11.0. The lowest BCUT2D eigenvalue weighted by Gasteiger charge is -2.14. The number of hydrogen-bond donors (Lipinski definition) is 1. The van der Waals surface area contributed by atoms with E-state index >= 15 is 0 Å². The van der Waals surface area contributed by atoms with Gasteiger partial charge in [-0.2, -0.15) is 0 Å². The van der Waals surface area contributed by atoms with Crippen LogP contribution >= 0.6 is 11.8 Å². The predicted octanol–water partition coefficient (Wildman–Crippen LogP) is 3.70. The highest BCUT2D eigenvalue weighted by molar-refractivity contribution is 8.00. The molecule has 7 heteroatoms. The minimum absolute atomic E-state index is 0.0173. The Morgan fingerprint density at radius 3 is 2.39 bits per heavy atom. The molecule has 0 bridgehead atoms. The lowest BCUT2D eigenvalue weighted by atomic mass is 10.1. The molecule has 0 aromatic heterocycles. The van der Waals surface area contributed by atoms with E-state index in [1.165, 1.54) is 36.0 Å². The Bertz CT molecular complexity index is 689. The first-order valence-electron chi connectivity index (χ1n) is 6.88. The van der Waals surface area contributed by atoms with E-state index in [4.69, 9.17) is 0 Å². The lowest BCUT2D eigenvalue weighted by Crippen LogP contribution is -2.28. The molecule has 5 nitrogen and oxygen atoms in total. The second-order valence-corrected chi connectivity index (χ2v) is 5.93. The van der Waals surface area contributed by atoms with E-state index in [-0.39, 0.29) is 29.2 Å². The monoisotopic (exact) mass is 334 g/mol. The molecule has 2 aromatic carbocycles. The Balaban J connectivity index is 1.84. The van der Waals surface area contributed by atoms with Gasteiger partial charge in [-0.25, -0.2) is 4.39 Å². The summed E-state index contributed by atoms with van der Waals surface area (Å²) < 4.78 is 12.9. The smallest absolute Gasteiger partial charge is 0.269 e. The molecule has 0 unspecified atom stereocenters. The molecule has 0 saturated carbocycles. The SMILES string of the molecule is C[C@@H](NC(=O)CSc1ccc([N+](=O)[O-])cc1)c1ccc(F)cc1. The number of carbonyl (C=O) groups excluding carboxylic acids is 1. The number of benzene rings is 2. The normalized spacial score (nSPS) is 11.7. The molecular formula is C16H15FN2O3S. The number of halogens is 1. The fourth-order valence-corrected chi connectivity index (χ4v) is 2.64. The van der Waals surface area contributed by atoms with Crippen LogP contribution in [0, 0.1) is 15.9 Å². The first-order valence-corrected chi connectivity index (χ1v) is 7.86. The van der Waals surface area contributed by atoms with E-state index in [0.717, 1.165) is 10.5 Å². The van der Waals surface area contributed by atoms with Gasteiger partial charge in [-0.05, 0) is 36.8 Å². The zero-order chi connectivity index (χ0) is 16.8. The number of nitrogens with zero attached hydrogens (tertiary/aromatic N) is 1. The summed E-state index contributed by atoms with van der Waals surface area (Å²) >= 11 is 1.29. The second-order valence-electron chi connectivity index (χ2n) is 4.88. The van der Waals surface area contributed by atoms with Crippen LogP contribution in [0.5, 0.6) is 0 Å². The van der Waals surface area contributed by atoms with Gasteiger partial charge >= 0.3 is 0 Å². The second kappa shape index (κ2) is 7.73. The van der Waals surface area contributed by atoms with Crippen molar-refractivity contribution in [1.29, 1.82) is 0 Å². The van der Waals surface area contributed by atoms with E-state index in [0.29, 0.717) is 0 Å². The van der Waals surface area contributed by atoms with Crippen molar-refractivity contribution in [1.82, 2.24) is 5.32 Å². The maximum absolute atomic E-state index is 12.9. The van der Waals surface area contributed by atoms with Crippen LogP contribution in [0.1, 0.15) is 18.5 Å². The number of nitro groups is 1. The molecule has 2 rings (SSSR count). The van der Waals surface area contributed by atoms with Gasteiger partial charge in [0.2, 0.25) is 5.91 Å². The maximum Gasteiger partial charge on any atom is 0.269 e. The molecule has 1 amide bonds. The highest BCUT2D eigenvalue weighted by Crippen LogP contribution is 2.21. The van der Waals surface area contributed by atoms with Crippen molar-refractivity contribution < 1.29 is 14.1 Å². The van der Waals surface area contributed by atoms with Crippen LogP contribution in [0.15, 0.2) is 53.4 Å². The molecule has 0 aliphatic carbocycles. The van der Waals surface area contributed by atoms with E-state index < -0.39 is 4.92 Å². The van der Waals surface area contributed by atoms with E-state index in [9.17, 15) is 19.3 Å². The van der Waals surface area contributed by atoms with Crippen LogP contribution in [0.25, 0.3) is 0 Å². The number of nitro benzene ring substituents is 1. The third kappa shape index (κ3) is 5.07. The number of amides is 1. The Hall–Kier alpha value is -2.41. The van der Waals surface area contributed by atoms with E-state index in [2.05, 4.69) is 5.32 Å². The van der Waals surface area contributed by atoms with Crippen molar-refractivity contribution in [3.8, 4) is 0 Å². The number of thioether (sulfide) groups is 1. The van der Waals surface area contributed by atoms with Crippen molar-refractivity contribution >= 4 is 23.4 Å². The first kappa shape index (κ1) is 17.0. The summed E-state index contributed by atoms with van der Waals surface area (Å²) in [6.45, 7) is 1.82. The summed E-state index contributed by atoms with van der Waals surface area (Å²) in [6.07, 6.45) is 0. The van der Waals surface area contributed by atoms with Crippen LogP contribution in [-0.2, 0) is 4.79 Å². The molecule has 0 fully saturated rings. The molecule has 0 spiro atoms. The van der Waals surface area contributed by atoms with Gasteiger partial charge in [-0.15, -0.1) is 11.8 Å². The molecule has 2 aromatic rings. The summed E-state index contributed by atoms with van der Waals surface area (Å²) in [6, 6.07) is 11.8. The van der Waals surface area contributed by atoms with Crippen molar-refractivity contribution in [2.75, 3.05) is 5.75 Å². The van der Waals surface area contributed by atoms with Crippen molar-refractivity contribution in [2.45, 2.75) is 17.9 Å². The molecule has 23 heavy (non-hydrogen) atoms. The molecular weight excluding hydrogens is 319 g/mol. The standard InChI is InChI=1S/C16H15FN2O3S/c1-11(12-2-4-13(17)5-3-12)18-16(20)10-23-15-8-6-14(7-9-15)19(21)22/h2-9,11H,10H2,1H3,(H,18,20)/t11-/m1/s1. The number of nitrogens with one attached hydrogen (secondary N) is 1.